The van der Waals surface area contributed by atoms with Gasteiger partial charge in [0.1, 0.15) is 11.4 Å². The fraction of sp³-hybridized carbons (Fsp3) is 0.500. The Morgan fingerprint density at radius 2 is 2.43 bits per heavy atom. The van der Waals surface area contributed by atoms with Crippen LogP contribution in [0.1, 0.15) is 12.0 Å². The maximum absolute atomic E-state index is 5.93. The minimum absolute atomic E-state index is 0. The van der Waals surface area contributed by atoms with E-state index in [0.29, 0.717) is 0 Å². The number of nitrogens with zero attached hydrogens (tertiary/aromatic N) is 1. The maximum Gasteiger partial charge on any atom is 0.141 e. The molecule has 1 saturated heterocycles. The fourth-order valence-electron chi connectivity index (χ4n) is 2.22. The van der Waals surface area contributed by atoms with Crippen molar-refractivity contribution in [1.82, 2.24) is 10.3 Å². The summed E-state index contributed by atoms with van der Waals surface area (Å²) >= 11 is 0. The first kappa shape index (κ1) is 9.74. The summed E-state index contributed by atoms with van der Waals surface area (Å²) in [6.07, 6.45) is 5.81. The molecule has 0 aromatic carbocycles. The summed E-state index contributed by atoms with van der Waals surface area (Å²) in [6, 6.07) is 2.06. The van der Waals surface area contributed by atoms with Crippen LogP contribution in [0.2, 0.25) is 0 Å². The molecular formula is C10H13ClN2O. The van der Waals surface area contributed by atoms with Gasteiger partial charge in [0.2, 0.25) is 0 Å². The summed E-state index contributed by atoms with van der Waals surface area (Å²) in [7, 11) is 0. The highest BCUT2D eigenvalue weighted by Crippen LogP contribution is 2.37. The lowest BCUT2D eigenvalue weighted by atomic mass is 9.97. The normalized spacial score (nSPS) is 28.3. The van der Waals surface area contributed by atoms with Crippen LogP contribution in [0.5, 0.6) is 5.75 Å². The molecule has 3 nitrogen and oxygen atoms in total. The largest absolute Gasteiger partial charge is 0.484 e. The Hall–Kier alpha value is -0.800. The number of hydrogen-bond acceptors (Lipinski definition) is 3. The first-order chi connectivity index (χ1) is 6.38. The summed E-state index contributed by atoms with van der Waals surface area (Å²) in [4.78, 5) is 4.07. The van der Waals surface area contributed by atoms with Gasteiger partial charge in [-0.05, 0) is 12.6 Å². The Labute approximate surface area is 89.3 Å². The molecule has 2 aliphatic heterocycles. The van der Waals surface area contributed by atoms with Crippen LogP contribution in [0, 0.1) is 0 Å². The number of aromatic nitrogens is 1. The van der Waals surface area contributed by atoms with E-state index >= 15 is 0 Å². The summed E-state index contributed by atoms with van der Waals surface area (Å²) in [5.41, 5.74) is 1.35. The van der Waals surface area contributed by atoms with E-state index in [0.717, 1.165) is 31.7 Å². The van der Waals surface area contributed by atoms with Gasteiger partial charge in [0, 0.05) is 31.1 Å². The van der Waals surface area contributed by atoms with Gasteiger partial charge in [-0.25, -0.2) is 0 Å². The molecule has 4 heteroatoms. The molecule has 1 atom stereocenters. The highest BCUT2D eigenvalue weighted by atomic mass is 35.5. The molecule has 0 amide bonds. The van der Waals surface area contributed by atoms with Crippen LogP contribution in [0.4, 0.5) is 0 Å². The average Bonchev–Trinajstić information content (AvgIpc) is 2.72. The van der Waals surface area contributed by atoms with Crippen LogP contribution in [0.25, 0.3) is 0 Å². The minimum Gasteiger partial charge on any atom is -0.484 e. The second-order valence-electron chi connectivity index (χ2n) is 3.87. The smallest absolute Gasteiger partial charge is 0.141 e. The van der Waals surface area contributed by atoms with Crippen molar-refractivity contribution < 1.29 is 4.74 Å². The quantitative estimate of drug-likeness (QED) is 0.701. The molecule has 3 heterocycles. The Morgan fingerprint density at radius 3 is 3.14 bits per heavy atom. The van der Waals surface area contributed by atoms with Gasteiger partial charge in [0.15, 0.2) is 0 Å². The summed E-state index contributed by atoms with van der Waals surface area (Å²) in [6.45, 7) is 2.04. The van der Waals surface area contributed by atoms with E-state index in [4.69, 9.17) is 4.74 Å². The number of rotatable bonds is 0. The lowest BCUT2D eigenvalue weighted by molar-refractivity contribution is 0.117. The highest BCUT2D eigenvalue weighted by Gasteiger charge is 2.41. The number of halogens is 1. The van der Waals surface area contributed by atoms with Crippen molar-refractivity contribution >= 4 is 12.4 Å². The van der Waals surface area contributed by atoms with Crippen molar-refractivity contribution in [2.75, 3.05) is 13.1 Å². The Morgan fingerprint density at radius 1 is 1.50 bits per heavy atom. The van der Waals surface area contributed by atoms with E-state index in [1.807, 2.05) is 12.4 Å². The SMILES string of the molecule is Cl.c1cc2c(cn1)OC1(CCNC1)C2. The number of fused-ring (bicyclic) bond motifs is 1. The van der Waals surface area contributed by atoms with Gasteiger partial charge < -0.3 is 10.1 Å². The topological polar surface area (TPSA) is 34.1 Å². The number of pyridine rings is 1. The van der Waals surface area contributed by atoms with Crippen molar-refractivity contribution in [3.05, 3.63) is 24.0 Å². The summed E-state index contributed by atoms with van der Waals surface area (Å²) in [5.74, 6) is 0.978. The Kier molecular flexibility index (Phi) is 2.37. The molecule has 76 valence electrons. The van der Waals surface area contributed by atoms with Gasteiger partial charge in [-0.3, -0.25) is 4.98 Å². The second-order valence-corrected chi connectivity index (χ2v) is 3.87. The molecule has 0 saturated carbocycles. The van der Waals surface area contributed by atoms with E-state index in [2.05, 4.69) is 16.4 Å². The number of ether oxygens (including phenoxy) is 1. The predicted octanol–water partition coefficient (Wildman–Crippen LogP) is 1.17. The molecule has 1 fully saturated rings. The zero-order valence-corrected chi connectivity index (χ0v) is 8.64. The van der Waals surface area contributed by atoms with Gasteiger partial charge in [-0.15, -0.1) is 12.4 Å². The molecule has 2 aliphatic rings. The standard InChI is InChI=1S/C10H12N2O.ClH/c1-3-11-6-9-8(1)5-10(13-9)2-4-12-7-10;/h1,3,6,12H,2,4-5,7H2;1H. The van der Waals surface area contributed by atoms with Crippen LogP contribution < -0.4 is 10.1 Å². The lowest BCUT2D eigenvalue weighted by Gasteiger charge is -2.21. The molecule has 1 unspecified atom stereocenters. The van der Waals surface area contributed by atoms with Gasteiger partial charge in [0.05, 0.1) is 6.20 Å². The summed E-state index contributed by atoms with van der Waals surface area (Å²) in [5, 5.41) is 3.34. The van der Waals surface area contributed by atoms with E-state index in [-0.39, 0.29) is 18.0 Å². The predicted molar refractivity (Wildman–Crippen MR) is 56.0 cm³/mol. The van der Waals surface area contributed by atoms with Crippen molar-refractivity contribution in [1.29, 1.82) is 0 Å². The third-order valence-electron chi connectivity index (χ3n) is 2.91. The minimum atomic E-state index is 0. The molecule has 0 radical (unpaired) electrons. The first-order valence-electron chi connectivity index (χ1n) is 4.71. The van der Waals surface area contributed by atoms with Crippen LogP contribution >= 0.6 is 12.4 Å². The molecule has 0 bridgehead atoms. The highest BCUT2D eigenvalue weighted by molar-refractivity contribution is 5.85. The average molecular weight is 213 g/mol. The third kappa shape index (κ3) is 1.37. The molecule has 1 aromatic rings. The fourth-order valence-corrected chi connectivity index (χ4v) is 2.22. The van der Waals surface area contributed by atoms with Crippen molar-refractivity contribution in [2.24, 2.45) is 0 Å². The second kappa shape index (κ2) is 3.41. The summed E-state index contributed by atoms with van der Waals surface area (Å²) < 4.78 is 5.93. The monoisotopic (exact) mass is 212 g/mol. The zero-order valence-electron chi connectivity index (χ0n) is 7.82. The number of hydrogen-bond donors (Lipinski definition) is 1. The zero-order chi connectivity index (χ0) is 8.73. The molecule has 1 N–H and O–H groups in total. The van der Waals surface area contributed by atoms with E-state index in [9.17, 15) is 0 Å². The Balaban J connectivity index is 0.000000750. The van der Waals surface area contributed by atoms with Gasteiger partial charge in [0.25, 0.3) is 0 Å². The molecule has 1 spiro atoms. The molecule has 1 aromatic heterocycles. The lowest BCUT2D eigenvalue weighted by Crippen LogP contribution is -2.36. The van der Waals surface area contributed by atoms with Crippen molar-refractivity contribution in [2.45, 2.75) is 18.4 Å². The molecule has 14 heavy (non-hydrogen) atoms. The van der Waals surface area contributed by atoms with E-state index in [1.165, 1.54) is 5.56 Å². The maximum atomic E-state index is 5.93. The first-order valence-corrected chi connectivity index (χ1v) is 4.71. The molecular weight excluding hydrogens is 200 g/mol. The number of nitrogens with one attached hydrogen (secondary N) is 1. The molecule has 0 aliphatic carbocycles. The molecule has 3 rings (SSSR count). The van der Waals surface area contributed by atoms with Gasteiger partial charge >= 0.3 is 0 Å². The van der Waals surface area contributed by atoms with Gasteiger partial charge in [-0.2, -0.15) is 0 Å². The van der Waals surface area contributed by atoms with Crippen LogP contribution in [-0.4, -0.2) is 23.7 Å². The third-order valence-corrected chi connectivity index (χ3v) is 2.91. The van der Waals surface area contributed by atoms with E-state index < -0.39 is 0 Å². The Bertz CT molecular complexity index is 310. The van der Waals surface area contributed by atoms with Crippen LogP contribution in [0.15, 0.2) is 18.5 Å². The van der Waals surface area contributed by atoms with Crippen LogP contribution in [0.3, 0.4) is 0 Å². The van der Waals surface area contributed by atoms with Crippen LogP contribution in [-0.2, 0) is 6.42 Å². The van der Waals surface area contributed by atoms with E-state index in [1.54, 1.807) is 0 Å². The van der Waals surface area contributed by atoms with Crippen molar-refractivity contribution in [3.63, 3.8) is 0 Å². The van der Waals surface area contributed by atoms with Crippen molar-refractivity contribution in [3.8, 4) is 5.75 Å². The van der Waals surface area contributed by atoms with Gasteiger partial charge in [-0.1, -0.05) is 0 Å².